The molecule has 0 bridgehead atoms. The highest BCUT2D eigenvalue weighted by Gasteiger charge is 2.29. The van der Waals surface area contributed by atoms with Gasteiger partial charge >= 0.3 is 0 Å². The molecule has 0 saturated heterocycles. The molecule has 0 amide bonds. The molecule has 0 aromatic carbocycles. The van der Waals surface area contributed by atoms with Crippen LogP contribution in [0.4, 0.5) is 0 Å². The van der Waals surface area contributed by atoms with Crippen molar-refractivity contribution in [1.82, 2.24) is 0 Å². The first kappa shape index (κ1) is 11.8. The Hall–Kier alpha value is -0.200. The molecule has 5 nitrogen and oxygen atoms in total. The monoisotopic (exact) mass is 198 g/mol. The number of alkyl halides is 1. The largest absolute Gasteiger partial charge is 0.394 e. The highest BCUT2D eigenvalue weighted by molar-refractivity contribution is 6.28. The molecule has 0 spiro atoms. The van der Waals surface area contributed by atoms with E-state index in [9.17, 15) is 4.79 Å². The van der Waals surface area contributed by atoms with Gasteiger partial charge in [0.05, 0.1) is 6.61 Å². The van der Waals surface area contributed by atoms with Crippen LogP contribution in [0.2, 0.25) is 0 Å². The zero-order chi connectivity index (χ0) is 9.72. The van der Waals surface area contributed by atoms with Gasteiger partial charge in [-0.15, -0.1) is 11.6 Å². The Kier molecular flexibility index (Phi) is 5.36. The molecule has 0 unspecified atom stereocenters. The summed E-state index contributed by atoms with van der Waals surface area (Å²) in [7, 11) is 0. The van der Waals surface area contributed by atoms with Crippen molar-refractivity contribution in [1.29, 1.82) is 0 Å². The van der Waals surface area contributed by atoms with Gasteiger partial charge in [-0.2, -0.15) is 0 Å². The Morgan fingerprint density at radius 2 is 1.75 bits per heavy atom. The molecule has 4 N–H and O–H groups in total. The number of aliphatic hydroxyl groups excluding tert-OH is 4. The third kappa shape index (κ3) is 3.04. The second kappa shape index (κ2) is 5.45. The standard InChI is InChI=1S/C6H11ClO5/c7-3(1-8)5(11)6(12)4(10)2-9/h1,3-6,9-12H,2H2/t3-,4+,5+,6-/m0/s1. The Labute approximate surface area is 74.2 Å². The van der Waals surface area contributed by atoms with Crippen molar-refractivity contribution in [3.63, 3.8) is 0 Å². The van der Waals surface area contributed by atoms with Crippen molar-refractivity contribution in [2.75, 3.05) is 6.61 Å². The normalized spacial score (nSPS) is 21.1. The van der Waals surface area contributed by atoms with Gasteiger partial charge in [-0.3, -0.25) is 0 Å². The maximum atomic E-state index is 10.0. The Bertz CT molecular complexity index is 142. The minimum atomic E-state index is -1.62. The highest BCUT2D eigenvalue weighted by atomic mass is 35.5. The summed E-state index contributed by atoms with van der Waals surface area (Å²) >= 11 is 5.24. The number of hydrogen-bond donors (Lipinski definition) is 4. The topological polar surface area (TPSA) is 98.0 Å². The second-order valence-electron chi connectivity index (χ2n) is 2.31. The minimum Gasteiger partial charge on any atom is -0.394 e. The first-order chi connectivity index (χ1) is 5.54. The third-order valence-electron chi connectivity index (χ3n) is 1.39. The second-order valence-corrected chi connectivity index (χ2v) is 2.82. The number of aldehydes is 1. The predicted octanol–water partition coefficient (Wildman–Crippen LogP) is -2.13. The molecule has 0 aliphatic carbocycles. The number of carbonyl (C=O) groups excluding carboxylic acids is 1. The van der Waals surface area contributed by atoms with Gasteiger partial charge in [0.1, 0.15) is 30.0 Å². The number of hydrogen-bond acceptors (Lipinski definition) is 5. The van der Waals surface area contributed by atoms with Crippen molar-refractivity contribution >= 4 is 17.9 Å². The predicted molar refractivity (Wildman–Crippen MR) is 40.8 cm³/mol. The fourth-order valence-electron chi connectivity index (χ4n) is 0.604. The molecule has 0 aromatic rings. The van der Waals surface area contributed by atoms with Crippen LogP contribution in [0.1, 0.15) is 0 Å². The summed E-state index contributed by atoms with van der Waals surface area (Å²) in [6, 6.07) is 0. The van der Waals surface area contributed by atoms with E-state index in [1.165, 1.54) is 0 Å². The lowest BCUT2D eigenvalue weighted by Crippen LogP contribution is -2.44. The van der Waals surface area contributed by atoms with Gasteiger partial charge in [-0.25, -0.2) is 0 Å². The fraction of sp³-hybridized carbons (Fsp3) is 0.833. The molecule has 4 atom stereocenters. The van der Waals surface area contributed by atoms with Gasteiger partial charge in [0.15, 0.2) is 0 Å². The van der Waals surface area contributed by atoms with E-state index in [0.29, 0.717) is 0 Å². The molecular formula is C6H11ClO5. The molecule has 0 rings (SSSR count). The molecule has 0 radical (unpaired) electrons. The van der Waals surface area contributed by atoms with E-state index in [-0.39, 0.29) is 6.29 Å². The molecule has 0 aromatic heterocycles. The smallest absolute Gasteiger partial charge is 0.140 e. The number of carbonyl (C=O) groups is 1. The van der Waals surface area contributed by atoms with Crippen molar-refractivity contribution in [2.24, 2.45) is 0 Å². The number of halogens is 1. The Morgan fingerprint density at radius 3 is 2.08 bits per heavy atom. The molecule has 6 heteroatoms. The van der Waals surface area contributed by atoms with Gasteiger partial charge in [-0.1, -0.05) is 0 Å². The maximum Gasteiger partial charge on any atom is 0.140 e. The zero-order valence-electron chi connectivity index (χ0n) is 6.17. The molecule has 0 fully saturated rings. The molecule has 0 aliphatic heterocycles. The SMILES string of the molecule is O=C[C@H](Cl)[C@@H](O)[C@@H](O)[C@H](O)CO. The van der Waals surface area contributed by atoms with Crippen LogP contribution in [-0.4, -0.2) is 57.0 Å². The van der Waals surface area contributed by atoms with Crippen molar-refractivity contribution in [3.8, 4) is 0 Å². The summed E-state index contributed by atoms with van der Waals surface area (Å²) in [4.78, 5) is 10.0. The van der Waals surface area contributed by atoms with Crippen LogP contribution in [0.15, 0.2) is 0 Å². The molecule has 0 saturated carbocycles. The van der Waals surface area contributed by atoms with E-state index >= 15 is 0 Å². The minimum absolute atomic E-state index is 0.236. The molecule has 0 heterocycles. The number of aliphatic hydroxyl groups is 4. The van der Waals surface area contributed by atoms with E-state index in [1.807, 2.05) is 0 Å². The summed E-state index contributed by atoms with van der Waals surface area (Å²) in [6.07, 6.45) is -4.46. The third-order valence-corrected chi connectivity index (χ3v) is 1.75. The lowest BCUT2D eigenvalue weighted by molar-refractivity contribution is -0.114. The molecule has 0 aliphatic rings. The highest BCUT2D eigenvalue weighted by Crippen LogP contribution is 2.07. The number of rotatable bonds is 5. The zero-order valence-corrected chi connectivity index (χ0v) is 6.92. The quantitative estimate of drug-likeness (QED) is 0.299. The van der Waals surface area contributed by atoms with Crippen LogP contribution < -0.4 is 0 Å². The van der Waals surface area contributed by atoms with Crippen molar-refractivity contribution < 1.29 is 25.2 Å². The lowest BCUT2D eigenvalue weighted by Gasteiger charge is -2.22. The molecular weight excluding hydrogens is 188 g/mol. The average Bonchev–Trinajstić information content (AvgIpc) is 2.12. The summed E-state index contributed by atoms with van der Waals surface area (Å²) in [6.45, 7) is -0.708. The van der Waals surface area contributed by atoms with Crippen LogP contribution in [0.5, 0.6) is 0 Å². The summed E-state index contributed by atoms with van der Waals surface area (Å²) in [5, 5.41) is 33.9. The van der Waals surface area contributed by atoms with Crippen LogP contribution in [-0.2, 0) is 4.79 Å². The first-order valence-electron chi connectivity index (χ1n) is 3.29. The Balaban J connectivity index is 4.07. The summed E-state index contributed by atoms with van der Waals surface area (Å²) < 4.78 is 0. The van der Waals surface area contributed by atoms with Crippen LogP contribution in [0.3, 0.4) is 0 Å². The lowest BCUT2D eigenvalue weighted by atomic mass is 10.1. The van der Waals surface area contributed by atoms with E-state index in [4.69, 9.17) is 32.0 Å². The van der Waals surface area contributed by atoms with E-state index in [1.54, 1.807) is 0 Å². The van der Waals surface area contributed by atoms with Gasteiger partial charge < -0.3 is 25.2 Å². The van der Waals surface area contributed by atoms with Crippen LogP contribution in [0, 0.1) is 0 Å². The van der Waals surface area contributed by atoms with Gasteiger partial charge in [-0.05, 0) is 0 Å². The molecule has 12 heavy (non-hydrogen) atoms. The van der Waals surface area contributed by atoms with Crippen molar-refractivity contribution in [3.05, 3.63) is 0 Å². The van der Waals surface area contributed by atoms with Gasteiger partial charge in [0.25, 0.3) is 0 Å². The summed E-state index contributed by atoms with van der Waals surface area (Å²) in [5.74, 6) is 0. The van der Waals surface area contributed by atoms with E-state index in [2.05, 4.69) is 0 Å². The van der Waals surface area contributed by atoms with Gasteiger partial charge in [0.2, 0.25) is 0 Å². The fourth-order valence-corrected chi connectivity index (χ4v) is 0.754. The van der Waals surface area contributed by atoms with E-state index in [0.717, 1.165) is 0 Å². The van der Waals surface area contributed by atoms with Gasteiger partial charge in [0, 0.05) is 0 Å². The molecule has 72 valence electrons. The first-order valence-corrected chi connectivity index (χ1v) is 3.72. The van der Waals surface area contributed by atoms with Crippen LogP contribution in [0.25, 0.3) is 0 Å². The average molecular weight is 199 g/mol. The Morgan fingerprint density at radius 1 is 1.25 bits per heavy atom. The maximum absolute atomic E-state index is 10.0. The summed E-state index contributed by atoms with van der Waals surface area (Å²) in [5.41, 5.74) is 0. The van der Waals surface area contributed by atoms with Crippen molar-refractivity contribution in [2.45, 2.75) is 23.7 Å². The van der Waals surface area contributed by atoms with E-state index < -0.39 is 30.3 Å². The van der Waals surface area contributed by atoms with Crippen LogP contribution >= 0.6 is 11.6 Å².